The van der Waals surface area contributed by atoms with Crippen LogP contribution in [0, 0.1) is 0 Å². The first-order valence-corrected chi connectivity index (χ1v) is 8.60. The number of ether oxygens (including phenoxy) is 1. The molecular weight excluding hydrogens is 384 g/mol. The minimum Gasteiger partial charge on any atom is -0.477 e. The maximum Gasteiger partial charge on any atom is 0.262 e. The third kappa shape index (κ3) is 3.91. The Kier molecular flexibility index (Phi) is 5.19. The molecule has 3 rings (SSSR count). The summed E-state index contributed by atoms with van der Waals surface area (Å²) in [5, 5.41) is 2.56. The van der Waals surface area contributed by atoms with Gasteiger partial charge in [0.15, 0.2) is 6.10 Å². The molecule has 2 aromatic carbocycles. The van der Waals surface area contributed by atoms with E-state index in [1.54, 1.807) is 30.2 Å². The van der Waals surface area contributed by atoms with Gasteiger partial charge in [-0.2, -0.15) is 0 Å². The van der Waals surface area contributed by atoms with Gasteiger partial charge in [-0.15, -0.1) is 0 Å². The first-order chi connectivity index (χ1) is 12.1. The van der Waals surface area contributed by atoms with Crippen LogP contribution in [0.15, 0.2) is 59.1 Å². The number of likely N-dealkylation sites (N-methyl/N-ethyl adjacent to an activating group) is 1. The largest absolute Gasteiger partial charge is 0.477 e. The molecule has 1 aliphatic heterocycles. The summed E-state index contributed by atoms with van der Waals surface area (Å²) in [5.74, 6) is 0.0597. The zero-order valence-electron chi connectivity index (χ0n) is 13.6. The number of carbonyl (C=O) groups is 2. The fourth-order valence-corrected chi connectivity index (χ4v) is 2.84. The molecule has 1 heterocycles. The number of rotatable bonds is 3. The van der Waals surface area contributed by atoms with Gasteiger partial charge in [0.1, 0.15) is 5.75 Å². The van der Waals surface area contributed by atoms with Crippen molar-refractivity contribution >= 4 is 39.5 Å². The molecule has 1 N–H and O–H groups in total. The molecule has 0 spiro atoms. The summed E-state index contributed by atoms with van der Waals surface area (Å²) in [4.78, 5) is 26.2. The summed E-state index contributed by atoms with van der Waals surface area (Å²) in [6.07, 6.45) is 2.53. The highest BCUT2D eigenvalue weighted by molar-refractivity contribution is 9.10. The van der Waals surface area contributed by atoms with E-state index in [9.17, 15) is 9.59 Å². The molecule has 0 fully saturated rings. The number of hydrogen-bond donors (Lipinski definition) is 1. The van der Waals surface area contributed by atoms with E-state index in [0.717, 1.165) is 10.0 Å². The number of halogens is 1. The fourth-order valence-electron chi connectivity index (χ4n) is 2.57. The Morgan fingerprint density at radius 2 is 1.92 bits per heavy atom. The molecule has 0 bridgehead atoms. The van der Waals surface area contributed by atoms with Crippen LogP contribution < -0.4 is 15.0 Å². The SMILES string of the molecule is CNC(=O)[C@H]1CN(C(=O)/C=C/c2ccc(Br)cc2)c2ccccc2O1. The smallest absolute Gasteiger partial charge is 0.262 e. The Morgan fingerprint density at radius 3 is 2.64 bits per heavy atom. The van der Waals surface area contributed by atoms with Crippen molar-refractivity contribution in [1.29, 1.82) is 0 Å². The van der Waals surface area contributed by atoms with Gasteiger partial charge in [0.05, 0.1) is 12.2 Å². The molecule has 2 aromatic rings. The van der Waals surface area contributed by atoms with Gasteiger partial charge in [0, 0.05) is 17.6 Å². The van der Waals surface area contributed by atoms with Crippen LogP contribution in [0.25, 0.3) is 6.08 Å². The number of hydrogen-bond acceptors (Lipinski definition) is 3. The first-order valence-electron chi connectivity index (χ1n) is 7.81. The Balaban J connectivity index is 1.84. The number of amides is 2. The molecule has 0 aliphatic carbocycles. The lowest BCUT2D eigenvalue weighted by molar-refractivity contribution is -0.127. The molecule has 128 valence electrons. The molecule has 0 aromatic heterocycles. The van der Waals surface area contributed by atoms with Gasteiger partial charge in [-0.1, -0.05) is 40.2 Å². The Morgan fingerprint density at radius 1 is 1.20 bits per heavy atom. The average Bonchev–Trinajstić information content (AvgIpc) is 2.65. The second-order valence-electron chi connectivity index (χ2n) is 5.52. The Labute approximate surface area is 154 Å². The van der Waals surface area contributed by atoms with Crippen molar-refractivity contribution in [1.82, 2.24) is 5.32 Å². The van der Waals surface area contributed by atoms with Crippen molar-refractivity contribution < 1.29 is 14.3 Å². The van der Waals surface area contributed by atoms with E-state index < -0.39 is 6.10 Å². The minimum atomic E-state index is -0.732. The summed E-state index contributed by atoms with van der Waals surface area (Å²) in [6, 6.07) is 14.9. The molecule has 1 atom stereocenters. The maximum absolute atomic E-state index is 12.7. The lowest BCUT2D eigenvalue weighted by Gasteiger charge is -2.33. The average molecular weight is 401 g/mol. The van der Waals surface area contributed by atoms with E-state index in [0.29, 0.717) is 11.4 Å². The van der Waals surface area contributed by atoms with Gasteiger partial charge in [-0.25, -0.2) is 0 Å². The van der Waals surface area contributed by atoms with Gasteiger partial charge in [-0.05, 0) is 35.9 Å². The summed E-state index contributed by atoms with van der Waals surface area (Å²) in [6.45, 7) is 0.167. The van der Waals surface area contributed by atoms with Gasteiger partial charge >= 0.3 is 0 Å². The molecule has 0 unspecified atom stereocenters. The third-order valence-electron chi connectivity index (χ3n) is 3.87. The molecule has 2 amide bonds. The van der Waals surface area contributed by atoms with Crippen molar-refractivity contribution in [2.45, 2.75) is 6.10 Å². The van der Waals surface area contributed by atoms with Crippen molar-refractivity contribution in [3.05, 3.63) is 64.6 Å². The number of para-hydroxylation sites is 2. The minimum absolute atomic E-state index is 0.167. The summed E-state index contributed by atoms with van der Waals surface area (Å²) >= 11 is 3.38. The van der Waals surface area contributed by atoms with Crippen LogP contribution in [0.1, 0.15) is 5.56 Å². The first kappa shape index (κ1) is 17.2. The van der Waals surface area contributed by atoms with Gasteiger partial charge in [-0.3, -0.25) is 9.59 Å². The van der Waals surface area contributed by atoms with Crippen molar-refractivity contribution in [3.8, 4) is 5.75 Å². The standard InChI is InChI=1S/C19H17BrN2O3/c1-21-19(24)17-12-22(15-4-2-3-5-16(15)25-17)18(23)11-8-13-6-9-14(20)10-7-13/h2-11,17H,12H2,1H3,(H,21,24)/b11-8+/t17-/m1/s1. The molecule has 0 saturated carbocycles. The summed E-state index contributed by atoms with van der Waals surface area (Å²) in [7, 11) is 1.55. The predicted molar refractivity (Wildman–Crippen MR) is 100 cm³/mol. The monoisotopic (exact) mass is 400 g/mol. The zero-order chi connectivity index (χ0) is 17.8. The molecule has 25 heavy (non-hydrogen) atoms. The third-order valence-corrected chi connectivity index (χ3v) is 4.40. The maximum atomic E-state index is 12.7. The van der Waals surface area contributed by atoms with Gasteiger partial charge in [0.25, 0.3) is 11.8 Å². The number of nitrogens with zero attached hydrogens (tertiary/aromatic N) is 1. The van der Waals surface area contributed by atoms with E-state index in [1.807, 2.05) is 36.4 Å². The van der Waals surface area contributed by atoms with Crippen molar-refractivity contribution in [3.63, 3.8) is 0 Å². The van der Waals surface area contributed by atoms with E-state index in [-0.39, 0.29) is 18.4 Å². The van der Waals surface area contributed by atoms with Crippen LogP contribution in [0.2, 0.25) is 0 Å². The fraction of sp³-hybridized carbons (Fsp3) is 0.158. The second-order valence-corrected chi connectivity index (χ2v) is 6.44. The zero-order valence-corrected chi connectivity index (χ0v) is 15.2. The topological polar surface area (TPSA) is 58.6 Å². The quantitative estimate of drug-likeness (QED) is 0.805. The molecule has 5 nitrogen and oxygen atoms in total. The molecule has 0 saturated heterocycles. The summed E-state index contributed by atoms with van der Waals surface area (Å²) < 4.78 is 6.68. The lowest BCUT2D eigenvalue weighted by Crippen LogP contribution is -2.49. The van der Waals surface area contributed by atoms with Crippen LogP contribution in [0.3, 0.4) is 0 Å². The Hall–Kier alpha value is -2.60. The van der Waals surface area contributed by atoms with Crippen molar-refractivity contribution in [2.75, 3.05) is 18.5 Å². The second kappa shape index (κ2) is 7.53. The molecule has 0 radical (unpaired) electrons. The number of benzene rings is 2. The van der Waals surface area contributed by atoms with E-state index in [1.165, 1.54) is 6.08 Å². The number of fused-ring (bicyclic) bond motifs is 1. The Bertz CT molecular complexity index is 818. The number of carbonyl (C=O) groups excluding carboxylic acids is 2. The van der Waals surface area contributed by atoms with Crippen LogP contribution in [0.5, 0.6) is 5.75 Å². The van der Waals surface area contributed by atoms with E-state index >= 15 is 0 Å². The highest BCUT2D eigenvalue weighted by Gasteiger charge is 2.32. The van der Waals surface area contributed by atoms with Gasteiger partial charge < -0.3 is 15.0 Å². The van der Waals surface area contributed by atoms with Gasteiger partial charge in [0.2, 0.25) is 0 Å². The van der Waals surface area contributed by atoms with Crippen LogP contribution in [-0.4, -0.2) is 31.5 Å². The highest BCUT2D eigenvalue weighted by atomic mass is 79.9. The van der Waals surface area contributed by atoms with Crippen LogP contribution >= 0.6 is 15.9 Å². The van der Waals surface area contributed by atoms with Crippen molar-refractivity contribution in [2.24, 2.45) is 0 Å². The van der Waals surface area contributed by atoms with Crippen LogP contribution in [0.4, 0.5) is 5.69 Å². The van der Waals surface area contributed by atoms with E-state index in [4.69, 9.17) is 4.74 Å². The number of anilines is 1. The van der Waals surface area contributed by atoms with E-state index in [2.05, 4.69) is 21.2 Å². The predicted octanol–water partition coefficient (Wildman–Crippen LogP) is 3.00. The highest BCUT2D eigenvalue weighted by Crippen LogP contribution is 2.33. The lowest BCUT2D eigenvalue weighted by atomic mass is 10.1. The normalized spacial score (nSPS) is 16.2. The van der Waals surface area contributed by atoms with Crippen LogP contribution in [-0.2, 0) is 9.59 Å². The molecule has 6 heteroatoms. The molecule has 1 aliphatic rings. The summed E-state index contributed by atoms with van der Waals surface area (Å²) in [5.41, 5.74) is 1.58. The number of nitrogens with one attached hydrogen (secondary N) is 1. The molecular formula is C19H17BrN2O3.